The topological polar surface area (TPSA) is 48.4 Å². The normalized spacial score (nSPS) is 12.6. The van der Waals surface area contributed by atoms with Crippen LogP contribution in [0, 0.1) is 5.82 Å². The van der Waals surface area contributed by atoms with E-state index in [-0.39, 0.29) is 18.2 Å². The molecule has 0 saturated heterocycles. The number of rotatable bonds is 6. The van der Waals surface area contributed by atoms with Crippen LogP contribution in [0.2, 0.25) is 0 Å². The molecule has 0 atom stereocenters. The first kappa shape index (κ1) is 21.5. The van der Waals surface area contributed by atoms with Crippen molar-refractivity contribution in [1.29, 1.82) is 0 Å². The second-order valence-electron chi connectivity index (χ2n) is 5.67. The zero-order valence-corrected chi connectivity index (χ0v) is 14.3. The molecule has 1 aromatic heterocycles. The molecular weight excluding hydrogens is 399 g/mol. The summed E-state index contributed by atoms with van der Waals surface area (Å²) in [4.78, 5) is 14.8. The molecule has 0 aliphatic carbocycles. The van der Waals surface area contributed by atoms with Gasteiger partial charge in [0.1, 0.15) is 5.75 Å². The third-order valence-corrected chi connectivity index (χ3v) is 3.61. The number of alkyl halides is 6. The quantitative estimate of drug-likeness (QED) is 0.486. The summed E-state index contributed by atoms with van der Waals surface area (Å²) in [5.41, 5.74) is -1.61. The number of nitrogens with zero attached hydrogens (tertiary/aromatic N) is 1. The number of methoxy groups -OCH3 is 1. The fourth-order valence-corrected chi connectivity index (χ4v) is 2.03. The minimum atomic E-state index is -5.64. The third-order valence-electron chi connectivity index (χ3n) is 3.61. The van der Waals surface area contributed by atoms with E-state index in [4.69, 9.17) is 4.74 Å². The maximum absolute atomic E-state index is 13.9. The van der Waals surface area contributed by atoms with Crippen LogP contribution in [0.5, 0.6) is 11.6 Å². The molecule has 1 heterocycles. The number of esters is 1. The Bertz CT molecular complexity index is 864. The van der Waals surface area contributed by atoms with Crippen molar-refractivity contribution in [2.75, 3.05) is 7.11 Å². The smallest absolute Gasteiger partial charge is 0.375 e. The second kappa shape index (κ2) is 7.28. The zero-order valence-electron chi connectivity index (χ0n) is 14.3. The van der Waals surface area contributed by atoms with Gasteiger partial charge >= 0.3 is 23.7 Å². The minimum absolute atomic E-state index is 0.218. The molecule has 0 amide bonds. The third kappa shape index (κ3) is 3.87. The number of aromatic nitrogens is 1. The SMILES string of the molecule is COC(=O)c1cnc(Oc2ccc(C(F)(F)C(F)(F)C(C)(F)F)cc2)c(F)c1. The molecule has 0 fully saturated rings. The van der Waals surface area contributed by atoms with E-state index in [1.807, 2.05) is 0 Å². The Labute approximate surface area is 153 Å². The number of halogens is 7. The molecule has 28 heavy (non-hydrogen) atoms. The van der Waals surface area contributed by atoms with Crippen LogP contribution < -0.4 is 4.74 Å². The van der Waals surface area contributed by atoms with Crippen molar-refractivity contribution in [3.8, 4) is 11.6 Å². The minimum Gasteiger partial charge on any atom is -0.465 e. The van der Waals surface area contributed by atoms with Gasteiger partial charge in [-0.15, -0.1) is 0 Å². The fourth-order valence-electron chi connectivity index (χ4n) is 2.03. The van der Waals surface area contributed by atoms with Gasteiger partial charge < -0.3 is 9.47 Å². The molecule has 0 bridgehead atoms. The molecular formula is C17H12F7NO3. The van der Waals surface area contributed by atoms with E-state index in [1.54, 1.807) is 0 Å². The Kier molecular flexibility index (Phi) is 5.58. The maximum atomic E-state index is 13.9. The monoisotopic (exact) mass is 411 g/mol. The van der Waals surface area contributed by atoms with Gasteiger partial charge in [-0.1, -0.05) is 0 Å². The number of carbonyl (C=O) groups is 1. The highest BCUT2D eigenvalue weighted by Crippen LogP contribution is 2.51. The van der Waals surface area contributed by atoms with Gasteiger partial charge in [-0.3, -0.25) is 0 Å². The average Bonchev–Trinajstić information content (AvgIpc) is 2.62. The van der Waals surface area contributed by atoms with Crippen LogP contribution >= 0.6 is 0 Å². The lowest BCUT2D eigenvalue weighted by Gasteiger charge is -2.31. The van der Waals surface area contributed by atoms with Gasteiger partial charge in [0.2, 0.25) is 0 Å². The Morgan fingerprint density at radius 1 is 1.04 bits per heavy atom. The first-order valence-electron chi connectivity index (χ1n) is 7.47. The van der Waals surface area contributed by atoms with Crippen molar-refractivity contribution in [1.82, 2.24) is 4.98 Å². The first-order chi connectivity index (χ1) is 12.8. The van der Waals surface area contributed by atoms with E-state index in [1.165, 1.54) is 0 Å². The Morgan fingerprint density at radius 2 is 1.61 bits per heavy atom. The molecule has 0 spiro atoms. The highest BCUT2D eigenvalue weighted by Gasteiger charge is 2.69. The number of benzene rings is 1. The van der Waals surface area contributed by atoms with Crippen molar-refractivity contribution >= 4 is 5.97 Å². The number of hydrogen-bond acceptors (Lipinski definition) is 4. The van der Waals surface area contributed by atoms with E-state index >= 15 is 0 Å². The molecule has 0 unspecified atom stereocenters. The molecule has 2 aromatic rings. The summed E-state index contributed by atoms with van der Waals surface area (Å²) in [5, 5.41) is 0. The van der Waals surface area contributed by atoms with E-state index in [2.05, 4.69) is 9.72 Å². The van der Waals surface area contributed by atoms with Crippen molar-refractivity contribution in [2.45, 2.75) is 24.7 Å². The molecule has 0 aliphatic rings. The highest BCUT2D eigenvalue weighted by atomic mass is 19.3. The number of hydrogen-bond donors (Lipinski definition) is 0. The Morgan fingerprint density at radius 3 is 2.07 bits per heavy atom. The second-order valence-corrected chi connectivity index (χ2v) is 5.67. The zero-order chi connectivity index (χ0) is 21.3. The molecule has 11 heteroatoms. The van der Waals surface area contributed by atoms with Crippen LogP contribution in [0.1, 0.15) is 22.8 Å². The molecule has 1 aromatic carbocycles. The fraction of sp³-hybridized carbons (Fsp3) is 0.294. The summed E-state index contributed by atoms with van der Waals surface area (Å²) in [7, 11) is 1.07. The molecule has 152 valence electrons. The molecule has 0 saturated carbocycles. The summed E-state index contributed by atoms with van der Waals surface area (Å²) in [6, 6.07) is 3.14. The Hall–Kier alpha value is -2.85. The van der Waals surface area contributed by atoms with Gasteiger partial charge in [-0.2, -0.15) is 26.3 Å². The van der Waals surface area contributed by atoms with Gasteiger partial charge in [-0.05, 0) is 30.3 Å². The van der Waals surface area contributed by atoms with E-state index < -0.39 is 41.0 Å². The summed E-state index contributed by atoms with van der Waals surface area (Å²) < 4.78 is 103. The lowest BCUT2D eigenvalue weighted by Crippen LogP contribution is -2.50. The summed E-state index contributed by atoms with van der Waals surface area (Å²) in [6.45, 7) is -0.315. The lowest BCUT2D eigenvalue weighted by atomic mass is 9.98. The molecule has 0 aliphatic heterocycles. The maximum Gasteiger partial charge on any atom is 0.375 e. The van der Waals surface area contributed by atoms with Crippen molar-refractivity contribution < 1.29 is 45.0 Å². The Balaban J connectivity index is 2.25. The van der Waals surface area contributed by atoms with Crippen LogP contribution in [-0.2, 0) is 10.7 Å². The largest absolute Gasteiger partial charge is 0.465 e. The number of pyridine rings is 1. The standard InChI is InChI=1S/C17H12F7NO3/c1-15(19,20)17(23,24)16(21,22)10-3-5-11(6-4-10)28-13-12(18)7-9(8-25-13)14(26)27-2/h3-8H,1-2H3. The first-order valence-corrected chi connectivity index (χ1v) is 7.47. The van der Waals surface area contributed by atoms with Crippen LogP contribution in [-0.4, -0.2) is 29.9 Å². The van der Waals surface area contributed by atoms with E-state index in [9.17, 15) is 35.5 Å². The molecule has 0 radical (unpaired) electrons. The van der Waals surface area contributed by atoms with Crippen LogP contribution in [0.4, 0.5) is 30.7 Å². The number of ether oxygens (including phenoxy) is 2. The van der Waals surface area contributed by atoms with E-state index in [0.29, 0.717) is 12.1 Å². The van der Waals surface area contributed by atoms with Crippen LogP contribution in [0.3, 0.4) is 0 Å². The average molecular weight is 411 g/mol. The van der Waals surface area contributed by atoms with Gasteiger partial charge in [0, 0.05) is 18.7 Å². The predicted molar refractivity (Wildman–Crippen MR) is 81.5 cm³/mol. The molecule has 4 nitrogen and oxygen atoms in total. The summed E-state index contributed by atoms with van der Waals surface area (Å²) >= 11 is 0. The molecule has 0 N–H and O–H groups in total. The van der Waals surface area contributed by atoms with Gasteiger partial charge in [0.25, 0.3) is 5.88 Å². The molecule has 2 rings (SSSR count). The summed E-state index contributed by atoms with van der Waals surface area (Å²) in [6.07, 6.45) is 0.927. The van der Waals surface area contributed by atoms with Crippen molar-refractivity contribution in [3.05, 3.63) is 53.5 Å². The van der Waals surface area contributed by atoms with Crippen LogP contribution in [0.25, 0.3) is 0 Å². The highest BCUT2D eigenvalue weighted by molar-refractivity contribution is 5.88. The van der Waals surface area contributed by atoms with Gasteiger partial charge in [0.05, 0.1) is 12.7 Å². The lowest BCUT2D eigenvalue weighted by molar-refractivity contribution is -0.308. The van der Waals surface area contributed by atoms with Crippen LogP contribution in [0.15, 0.2) is 36.5 Å². The predicted octanol–water partition coefficient (Wildman–Crippen LogP) is 5.18. The van der Waals surface area contributed by atoms with Gasteiger partial charge in [-0.25, -0.2) is 14.2 Å². The van der Waals surface area contributed by atoms with Crippen molar-refractivity contribution in [3.63, 3.8) is 0 Å². The number of carbonyl (C=O) groups excluding carboxylic acids is 1. The van der Waals surface area contributed by atoms with Gasteiger partial charge in [0.15, 0.2) is 5.82 Å². The van der Waals surface area contributed by atoms with E-state index in [0.717, 1.165) is 31.5 Å². The summed E-state index contributed by atoms with van der Waals surface area (Å²) in [5.74, 6) is -18.7. The van der Waals surface area contributed by atoms with Crippen molar-refractivity contribution in [2.24, 2.45) is 0 Å².